The van der Waals surface area contributed by atoms with E-state index in [9.17, 15) is 4.79 Å². The molecular formula is C22H37IN6O. The first-order valence-corrected chi connectivity index (χ1v) is 11.5. The molecule has 8 heteroatoms. The van der Waals surface area contributed by atoms with Crippen molar-refractivity contribution in [1.82, 2.24) is 25.3 Å². The highest BCUT2D eigenvalue weighted by atomic mass is 127. The zero-order valence-corrected chi connectivity index (χ0v) is 20.5. The zero-order valence-electron chi connectivity index (χ0n) is 18.2. The molecule has 1 atom stereocenters. The lowest BCUT2D eigenvalue weighted by atomic mass is 9.88. The summed E-state index contributed by atoms with van der Waals surface area (Å²) < 4.78 is 2.13. The summed E-state index contributed by atoms with van der Waals surface area (Å²) in [7, 11) is 1.80. The standard InChI is InChI=1S/C22H36N6O.HI/c1-23-22(24-15-18-12-14-28(26-18)20-9-5-6-10-20)25-19-11-13-27(16-19)21(29)17-7-3-2-4-8-17;/h12,14,17,19-20H,2-11,13,15-16H2,1H3,(H2,23,24,25);1H. The zero-order chi connectivity index (χ0) is 20.1. The first-order valence-electron chi connectivity index (χ1n) is 11.5. The van der Waals surface area contributed by atoms with Crippen LogP contribution in [0.1, 0.15) is 75.9 Å². The largest absolute Gasteiger partial charge is 0.352 e. The van der Waals surface area contributed by atoms with E-state index in [2.05, 4.69) is 37.5 Å². The molecule has 1 saturated heterocycles. The van der Waals surface area contributed by atoms with Crippen molar-refractivity contribution in [2.24, 2.45) is 10.9 Å². The lowest BCUT2D eigenvalue weighted by molar-refractivity contribution is -0.135. The van der Waals surface area contributed by atoms with Crippen molar-refractivity contribution < 1.29 is 4.79 Å². The molecule has 2 heterocycles. The number of amides is 1. The molecule has 30 heavy (non-hydrogen) atoms. The molecular weight excluding hydrogens is 491 g/mol. The maximum absolute atomic E-state index is 12.8. The summed E-state index contributed by atoms with van der Waals surface area (Å²) in [5.74, 6) is 1.42. The van der Waals surface area contributed by atoms with Crippen LogP contribution in [-0.4, -0.2) is 52.7 Å². The van der Waals surface area contributed by atoms with Gasteiger partial charge in [0, 0.05) is 38.3 Å². The number of carbonyl (C=O) groups is 1. The van der Waals surface area contributed by atoms with Gasteiger partial charge in [-0.05, 0) is 38.2 Å². The van der Waals surface area contributed by atoms with Crippen molar-refractivity contribution in [2.45, 2.75) is 82.8 Å². The van der Waals surface area contributed by atoms with E-state index in [-0.39, 0.29) is 35.9 Å². The van der Waals surface area contributed by atoms with Gasteiger partial charge in [-0.2, -0.15) is 5.10 Å². The minimum absolute atomic E-state index is 0. The van der Waals surface area contributed by atoms with Gasteiger partial charge >= 0.3 is 0 Å². The van der Waals surface area contributed by atoms with Crippen LogP contribution in [0.2, 0.25) is 0 Å². The second-order valence-electron chi connectivity index (χ2n) is 8.90. The number of rotatable bonds is 5. The van der Waals surface area contributed by atoms with E-state index in [0.29, 0.717) is 18.5 Å². The van der Waals surface area contributed by atoms with E-state index in [1.54, 1.807) is 7.05 Å². The highest BCUT2D eigenvalue weighted by molar-refractivity contribution is 14.0. The second kappa shape index (κ2) is 11.3. The highest BCUT2D eigenvalue weighted by Gasteiger charge is 2.31. The van der Waals surface area contributed by atoms with Crippen LogP contribution < -0.4 is 10.6 Å². The molecule has 3 fully saturated rings. The Morgan fingerprint density at radius 2 is 1.87 bits per heavy atom. The van der Waals surface area contributed by atoms with E-state index in [0.717, 1.165) is 44.0 Å². The fourth-order valence-corrected chi connectivity index (χ4v) is 5.09. The van der Waals surface area contributed by atoms with Gasteiger partial charge in [-0.25, -0.2) is 0 Å². The van der Waals surface area contributed by atoms with E-state index in [4.69, 9.17) is 5.10 Å². The molecule has 2 aliphatic carbocycles. The van der Waals surface area contributed by atoms with Crippen LogP contribution >= 0.6 is 24.0 Å². The maximum atomic E-state index is 12.8. The van der Waals surface area contributed by atoms with Crippen LogP contribution in [0.15, 0.2) is 17.3 Å². The molecule has 3 aliphatic rings. The summed E-state index contributed by atoms with van der Waals surface area (Å²) in [6.45, 7) is 2.30. The minimum Gasteiger partial charge on any atom is -0.352 e. The van der Waals surface area contributed by atoms with Gasteiger partial charge in [0.25, 0.3) is 0 Å². The normalized spacial score (nSPS) is 23.4. The third-order valence-electron chi connectivity index (χ3n) is 6.82. The van der Waals surface area contributed by atoms with Crippen LogP contribution in [-0.2, 0) is 11.3 Å². The molecule has 1 aromatic rings. The number of carbonyl (C=O) groups excluding carboxylic acids is 1. The fraction of sp³-hybridized carbons (Fsp3) is 0.773. The number of likely N-dealkylation sites (tertiary alicyclic amines) is 1. The molecule has 0 radical (unpaired) electrons. The van der Waals surface area contributed by atoms with Crippen molar-refractivity contribution in [3.8, 4) is 0 Å². The number of hydrogen-bond donors (Lipinski definition) is 2. The summed E-state index contributed by atoms with van der Waals surface area (Å²) in [5.41, 5.74) is 1.04. The van der Waals surface area contributed by atoms with Gasteiger partial charge in [0.2, 0.25) is 5.91 Å². The van der Waals surface area contributed by atoms with Gasteiger partial charge in [0.1, 0.15) is 0 Å². The van der Waals surface area contributed by atoms with Crippen molar-refractivity contribution in [3.05, 3.63) is 18.0 Å². The maximum Gasteiger partial charge on any atom is 0.225 e. The van der Waals surface area contributed by atoms with Gasteiger partial charge in [0.15, 0.2) is 5.96 Å². The first-order chi connectivity index (χ1) is 14.2. The van der Waals surface area contributed by atoms with Crippen LogP contribution in [0.25, 0.3) is 0 Å². The van der Waals surface area contributed by atoms with E-state index in [1.807, 2.05) is 0 Å². The molecule has 1 amide bonds. The molecule has 1 aromatic heterocycles. The number of aliphatic imine (C=N–C) groups is 1. The Morgan fingerprint density at radius 1 is 1.13 bits per heavy atom. The predicted molar refractivity (Wildman–Crippen MR) is 130 cm³/mol. The minimum atomic E-state index is 0. The Labute approximate surface area is 197 Å². The highest BCUT2D eigenvalue weighted by Crippen LogP contribution is 2.29. The Kier molecular flexibility index (Phi) is 8.83. The molecule has 0 aromatic carbocycles. The summed E-state index contributed by atoms with van der Waals surface area (Å²) in [5, 5.41) is 11.6. The van der Waals surface area contributed by atoms with Crippen molar-refractivity contribution >= 4 is 35.8 Å². The molecule has 2 N–H and O–H groups in total. The molecule has 4 rings (SSSR count). The van der Waals surface area contributed by atoms with E-state index >= 15 is 0 Å². The quantitative estimate of drug-likeness (QED) is 0.349. The lowest BCUT2D eigenvalue weighted by Crippen LogP contribution is -2.45. The summed E-state index contributed by atoms with van der Waals surface area (Å²) in [6, 6.07) is 2.94. The average molecular weight is 528 g/mol. The van der Waals surface area contributed by atoms with Crippen molar-refractivity contribution in [2.75, 3.05) is 20.1 Å². The second-order valence-corrected chi connectivity index (χ2v) is 8.90. The SMILES string of the molecule is CN=C(NCc1ccn(C2CCCC2)n1)NC1CCN(C(=O)C2CCCCC2)C1.I. The summed E-state index contributed by atoms with van der Waals surface area (Å²) in [6.07, 6.45) is 14.1. The molecule has 7 nitrogen and oxygen atoms in total. The van der Waals surface area contributed by atoms with Crippen LogP contribution in [0, 0.1) is 5.92 Å². The monoisotopic (exact) mass is 528 g/mol. The van der Waals surface area contributed by atoms with Gasteiger partial charge < -0.3 is 15.5 Å². The van der Waals surface area contributed by atoms with E-state index < -0.39 is 0 Å². The van der Waals surface area contributed by atoms with Gasteiger partial charge in [0.05, 0.1) is 18.3 Å². The van der Waals surface area contributed by atoms with Crippen LogP contribution in [0.4, 0.5) is 0 Å². The van der Waals surface area contributed by atoms with E-state index in [1.165, 1.54) is 44.9 Å². The third-order valence-corrected chi connectivity index (χ3v) is 6.82. The van der Waals surface area contributed by atoms with Gasteiger partial charge in [-0.3, -0.25) is 14.5 Å². The number of aromatic nitrogens is 2. The Bertz CT molecular complexity index is 708. The molecule has 1 aliphatic heterocycles. The van der Waals surface area contributed by atoms with Crippen LogP contribution in [0.3, 0.4) is 0 Å². The Morgan fingerprint density at radius 3 is 2.60 bits per heavy atom. The first kappa shape index (κ1) is 23.3. The van der Waals surface area contributed by atoms with Gasteiger partial charge in [-0.15, -0.1) is 24.0 Å². The third kappa shape index (κ3) is 5.88. The fourth-order valence-electron chi connectivity index (χ4n) is 5.09. The molecule has 0 spiro atoms. The molecule has 1 unspecified atom stereocenters. The molecule has 0 bridgehead atoms. The molecule has 168 valence electrons. The lowest BCUT2D eigenvalue weighted by Gasteiger charge is -2.26. The Hall–Kier alpha value is -1.32. The van der Waals surface area contributed by atoms with Crippen LogP contribution in [0.5, 0.6) is 0 Å². The van der Waals surface area contributed by atoms with Crippen molar-refractivity contribution in [1.29, 1.82) is 0 Å². The smallest absolute Gasteiger partial charge is 0.225 e. The van der Waals surface area contributed by atoms with Crippen molar-refractivity contribution in [3.63, 3.8) is 0 Å². The number of halogens is 1. The predicted octanol–water partition coefficient (Wildman–Crippen LogP) is 3.46. The average Bonchev–Trinajstić information content (AvgIpc) is 3.52. The molecule has 2 saturated carbocycles. The number of hydrogen-bond acceptors (Lipinski definition) is 3. The van der Waals surface area contributed by atoms with Gasteiger partial charge in [-0.1, -0.05) is 32.1 Å². The number of guanidine groups is 1. The Balaban J connectivity index is 0.00000256. The summed E-state index contributed by atoms with van der Waals surface area (Å²) in [4.78, 5) is 19.2. The topological polar surface area (TPSA) is 74.6 Å². The number of nitrogens with zero attached hydrogens (tertiary/aromatic N) is 4. The summed E-state index contributed by atoms with van der Waals surface area (Å²) >= 11 is 0. The number of nitrogens with one attached hydrogen (secondary N) is 2.